The molecule has 1 aliphatic rings. The number of rotatable bonds is 9. The minimum Gasteiger partial charge on any atom is -0.466 e. The third kappa shape index (κ3) is 4.69. The van der Waals surface area contributed by atoms with Gasteiger partial charge in [0.1, 0.15) is 0 Å². The molecule has 10 heteroatoms. The fourth-order valence-electron chi connectivity index (χ4n) is 3.29. The van der Waals surface area contributed by atoms with Gasteiger partial charge in [-0.1, -0.05) is 29.8 Å². The Labute approximate surface area is 179 Å². The molecule has 162 valence electrons. The van der Waals surface area contributed by atoms with Gasteiger partial charge < -0.3 is 19.9 Å². The molecule has 0 aromatic heterocycles. The van der Waals surface area contributed by atoms with Crippen LogP contribution in [0.5, 0.6) is 0 Å². The van der Waals surface area contributed by atoms with Crippen LogP contribution in [-0.4, -0.2) is 50.4 Å². The maximum absolute atomic E-state index is 13.0. The number of ether oxygens (including phenoxy) is 3. The third-order valence-electron chi connectivity index (χ3n) is 4.55. The van der Waals surface area contributed by atoms with Crippen LogP contribution in [0.15, 0.2) is 52.1 Å². The van der Waals surface area contributed by atoms with Crippen LogP contribution in [0.2, 0.25) is 5.02 Å². The fraction of sp³-hybridized carbons (Fsp3) is 0.400. The van der Waals surface area contributed by atoms with Crippen LogP contribution in [0.1, 0.15) is 25.3 Å². The maximum atomic E-state index is 13.0. The van der Waals surface area contributed by atoms with Gasteiger partial charge in [0, 0.05) is 11.6 Å². The lowest BCUT2D eigenvalue weighted by Crippen LogP contribution is -2.35. The van der Waals surface area contributed by atoms with E-state index in [1.807, 2.05) is 0 Å². The zero-order chi connectivity index (χ0) is 22.3. The molecule has 9 nitrogen and oxygen atoms in total. The second-order valence-electron chi connectivity index (χ2n) is 6.26. The van der Waals surface area contributed by atoms with E-state index in [0.29, 0.717) is 10.6 Å². The number of carbonyl (C=O) groups is 2. The minimum atomic E-state index is -0.945. The molecule has 1 aromatic carbocycles. The Bertz CT molecular complexity index is 883. The van der Waals surface area contributed by atoms with Crippen LogP contribution in [0.25, 0.3) is 0 Å². The SMILES string of the molecule is CCOC(=O)C1=C(COCCN)N(N=O)C(C)=C(C(=O)OC)C1c1ccccc1Cl. The molecule has 0 saturated carbocycles. The van der Waals surface area contributed by atoms with Crippen molar-refractivity contribution >= 4 is 23.5 Å². The van der Waals surface area contributed by atoms with Crippen molar-refractivity contribution in [3.63, 3.8) is 0 Å². The van der Waals surface area contributed by atoms with Gasteiger partial charge in [-0.3, -0.25) is 0 Å². The van der Waals surface area contributed by atoms with E-state index < -0.39 is 17.9 Å². The van der Waals surface area contributed by atoms with Crippen LogP contribution in [0.4, 0.5) is 0 Å². The zero-order valence-corrected chi connectivity index (χ0v) is 17.8. The lowest BCUT2D eigenvalue weighted by molar-refractivity contribution is -0.139. The molecule has 2 rings (SSSR count). The van der Waals surface area contributed by atoms with E-state index in [9.17, 15) is 14.5 Å². The number of hydrogen-bond acceptors (Lipinski definition) is 8. The Morgan fingerprint density at radius 3 is 2.50 bits per heavy atom. The average molecular weight is 438 g/mol. The van der Waals surface area contributed by atoms with E-state index >= 15 is 0 Å². The minimum absolute atomic E-state index is 0.0209. The van der Waals surface area contributed by atoms with Crippen molar-refractivity contribution in [2.75, 3.05) is 33.5 Å². The molecule has 0 spiro atoms. The van der Waals surface area contributed by atoms with Crippen LogP contribution in [-0.2, 0) is 23.8 Å². The number of esters is 2. The smallest absolute Gasteiger partial charge is 0.336 e. The van der Waals surface area contributed by atoms with E-state index in [-0.39, 0.29) is 48.9 Å². The molecule has 1 aliphatic heterocycles. The molecule has 1 aromatic rings. The van der Waals surface area contributed by atoms with E-state index in [4.69, 9.17) is 31.5 Å². The molecule has 30 heavy (non-hydrogen) atoms. The van der Waals surface area contributed by atoms with Gasteiger partial charge in [0.15, 0.2) is 0 Å². The lowest BCUT2D eigenvalue weighted by atomic mass is 9.80. The van der Waals surface area contributed by atoms with Gasteiger partial charge in [0.05, 0.1) is 60.7 Å². The summed E-state index contributed by atoms with van der Waals surface area (Å²) in [5, 5.41) is 4.28. The largest absolute Gasteiger partial charge is 0.466 e. The zero-order valence-electron chi connectivity index (χ0n) is 17.0. The van der Waals surface area contributed by atoms with Gasteiger partial charge in [-0.25, -0.2) is 14.6 Å². The number of nitrogens with two attached hydrogens (primary N) is 1. The van der Waals surface area contributed by atoms with Crippen LogP contribution >= 0.6 is 11.6 Å². The van der Waals surface area contributed by atoms with E-state index in [0.717, 1.165) is 5.01 Å². The molecule has 1 atom stereocenters. The number of methoxy groups -OCH3 is 1. The van der Waals surface area contributed by atoms with Crippen molar-refractivity contribution in [1.82, 2.24) is 5.01 Å². The predicted molar refractivity (Wildman–Crippen MR) is 110 cm³/mol. The highest BCUT2D eigenvalue weighted by Crippen LogP contribution is 2.45. The second kappa shape index (κ2) is 10.9. The van der Waals surface area contributed by atoms with Gasteiger partial charge in [-0.05, 0) is 25.5 Å². The molecule has 0 saturated heterocycles. The number of nitroso groups, excluding NO2 is 1. The first-order chi connectivity index (χ1) is 14.4. The van der Waals surface area contributed by atoms with Crippen molar-refractivity contribution in [3.8, 4) is 0 Å². The number of nitrogens with zero attached hydrogens (tertiary/aromatic N) is 2. The van der Waals surface area contributed by atoms with E-state index in [2.05, 4.69) is 5.29 Å². The van der Waals surface area contributed by atoms with Crippen molar-refractivity contribution in [2.24, 2.45) is 11.0 Å². The van der Waals surface area contributed by atoms with Gasteiger partial charge >= 0.3 is 11.9 Å². The Hall–Kier alpha value is -2.75. The first kappa shape index (κ1) is 23.5. The van der Waals surface area contributed by atoms with Crippen molar-refractivity contribution in [2.45, 2.75) is 19.8 Å². The summed E-state index contributed by atoms with van der Waals surface area (Å²) in [7, 11) is 1.21. The third-order valence-corrected chi connectivity index (χ3v) is 4.90. The molecule has 0 radical (unpaired) electrons. The van der Waals surface area contributed by atoms with Gasteiger partial charge in [-0.2, -0.15) is 0 Å². The van der Waals surface area contributed by atoms with Crippen LogP contribution in [0, 0.1) is 4.91 Å². The molecule has 1 unspecified atom stereocenters. The molecule has 0 fully saturated rings. The number of hydrogen-bond donors (Lipinski definition) is 1. The van der Waals surface area contributed by atoms with Crippen LogP contribution in [0.3, 0.4) is 0 Å². The first-order valence-corrected chi connectivity index (χ1v) is 9.65. The summed E-state index contributed by atoms with van der Waals surface area (Å²) in [5.74, 6) is -2.40. The van der Waals surface area contributed by atoms with E-state index in [1.165, 1.54) is 14.0 Å². The fourth-order valence-corrected chi connectivity index (χ4v) is 3.54. The number of allylic oxidation sites excluding steroid dienone is 1. The normalized spacial score (nSPS) is 16.6. The number of carbonyl (C=O) groups excluding carboxylic acids is 2. The Morgan fingerprint density at radius 2 is 1.93 bits per heavy atom. The summed E-state index contributed by atoms with van der Waals surface area (Å²) in [6.07, 6.45) is 0. The monoisotopic (exact) mass is 437 g/mol. The summed E-state index contributed by atoms with van der Waals surface area (Å²) in [6.45, 7) is 3.54. The standard InChI is InChI=1S/C20H24ClN3O6/c1-4-30-20(26)18-15(11-29-10-9-22)24(23-27)12(2)16(19(25)28-3)17(18)13-7-5-6-8-14(13)21/h5-8,17H,4,9-11,22H2,1-3H3. The molecule has 2 N–H and O–H groups in total. The molecular weight excluding hydrogens is 414 g/mol. The van der Waals surface area contributed by atoms with E-state index in [1.54, 1.807) is 31.2 Å². The summed E-state index contributed by atoms with van der Waals surface area (Å²) in [4.78, 5) is 37.4. The molecule has 0 aliphatic carbocycles. The summed E-state index contributed by atoms with van der Waals surface area (Å²) in [6, 6.07) is 6.77. The Kier molecular flexibility index (Phi) is 8.52. The average Bonchev–Trinajstić information content (AvgIpc) is 2.73. The summed E-state index contributed by atoms with van der Waals surface area (Å²) in [5.41, 5.74) is 6.37. The highest BCUT2D eigenvalue weighted by atomic mass is 35.5. The molecular formula is C20H24ClN3O6. The maximum Gasteiger partial charge on any atom is 0.336 e. The number of halogens is 1. The van der Waals surface area contributed by atoms with Crippen molar-refractivity contribution in [3.05, 3.63) is 62.3 Å². The number of benzene rings is 1. The van der Waals surface area contributed by atoms with Gasteiger partial charge in [-0.15, -0.1) is 4.91 Å². The summed E-state index contributed by atoms with van der Waals surface area (Å²) >= 11 is 6.41. The molecule has 1 heterocycles. The van der Waals surface area contributed by atoms with Gasteiger partial charge in [0.2, 0.25) is 0 Å². The van der Waals surface area contributed by atoms with Crippen molar-refractivity contribution in [1.29, 1.82) is 0 Å². The first-order valence-electron chi connectivity index (χ1n) is 9.27. The quantitative estimate of drug-likeness (QED) is 0.355. The predicted octanol–water partition coefficient (Wildman–Crippen LogP) is 2.66. The Morgan fingerprint density at radius 1 is 1.23 bits per heavy atom. The van der Waals surface area contributed by atoms with Crippen LogP contribution < -0.4 is 5.73 Å². The second-order valence-corrected chi connectivity index (χ2v) is 6.67. The summed E-state index contributed by atoms with van der Waals surface area (Å²) < 4.78 is 15.7. The lowest BCUT2D eigenvalue weighted by Gasteiger charge is -2.34. The highest BCUT2D eigenvalue weighted by molar-refractivity contribution is 6.31. The topological polar surface area (TPSA) is 121 Å². The Balaban J connectivity index is 2.83. The molecule has 0 amide bonds. The van der Waals surface area contributed by atoms with Crippen molar-refractivity contribution < 1.29 is 23.8 Å². The highest BCUT2D eigenvalue weighted by Gasteiger charge is 2.43. The van der Waals surface area contributed by atoms with Gasteiger partial charge in [0.25, 0.3) is 0 Å². The molecule has 0 bridgehead atoms.